The molecule has 1 aliphatic heterocycles. The number of pyridine rings is 1. The zero-order chi connectivity index (χ0) is 21.7. The Labute approximate surface area is 183 Å². The number of halogens is 1. The molecule has 5 rings (SSSR count). The van der Waals surface area contributed by atoms with Crippen LogP contribution in [-0.4, -0.2) is 15.8 Å². The van der Waals surface area contributed by atoms with Gasteiger partial charge in [-0.1, -0.05) is 35.9 Å². The molecule has 2 aromatic carbocycles. The summed E-state index contributed by atoms with van der Waals surface area (Å²) in [6, 6.07) is 14.1. The quantitative estimate of drug-likeness (QED) is 0.448. The highest BCUT2D eigenvalue weighted by molar-refractivity contribution is 6.30. The van der Waals surface area contributed by atoms with Crippen LogP contribution in [0, 0.1) is 13.8 Å². The van der Waals surface area contributed by atoms with Gasteiger partial charge in [0.05, 0.1) is 17.0 Å². The maximum Gasteiger partial charge on any atom is 0.291 e. The summed E-state index contributed by atoms with van der Waals surface area (Å²) in [6.07, 6.45) is 3.39. The van der Waals surface area contributed by atoms with Crippen molar-refractivity contribution in [3.8, 4) is 0 Å². The second kappa shape index (κ2) is 7.36. The van der Waals surface area contributed by atoms with Crippen LogP contribution in [0.25, 0.3) is 11.0 Å². The first-order valence-electron chi connectivity index (χ1n) is 9.97. The SMILES string of the molecule is Cc1cc(C)c2oc3c(c(=O)c2c1)[C@H](c1cccc(Cl)c1)N(Cc1cccnc1)C3=O. The molecule has 0 N–H and O–H groups in total. The summed E-state index contributed by atoms with van der Waals surface area (Å²) in [5.41, 5.74) is 4.04. The Morgan fingerprint density at radius 1 is 1.10 bits per heavy atom. The third-order valence-corrected chi connectivity index (χ3v) is 5.87. The fraction of sp³-hybridized carbons (Fsp3) is 0.160. The summed E-state index contributed by atoms with van der Waals surface area (Å²) in [5.74, 6) is -0.221. The first kappa shape index (κ1) is 19.5. The van der Waals surface area contributed by atoms with E-state index in [9.17, 15) is 9.59 Å². The van der Waals surface area contributed by atoms with Crippen LogP contribution in [0.1, 0.15) is 44.4 Å². The van der Waals surface area contributed by atoms with Crippen LogP contribution in [0.4, 0.5) is 0 Å². The first-order valence-corrected chi connectivity index (χ1v) is 10.3. The van der Waals surface area contributed by atoms with Gasteiger partial charge in [0.15, 0.2) is 5.43 Å². The molecule has 1 atom stereocenters. The fourth-order valence-electron chi connectivity index (χ4n) is 4.35. The largest absolute Gasteiger partial charge is 0.450 e. The maximum absolute atomic E-state index is 13.7. The Balaban J connectivity index is 1.77. The Kier molecular flexibility index (Phi) is 4.63. The number of carbonyl (C=O) groups excluding carboxylic acids is 1. The number of nitrogens with zero attached hydrogens (tertiary/aromatic N) is 2. The fourth-order valence-corrected chi connectivity index (χ4v) is 4.55. The average molecular weight is 431 g/mol. The second-order valence-corrected chi connectivity index (χ2v) is 8.32. The summed E-state index contributed by atoms with van der Waals surface area (Å²) in [4.78, 5) is 32.9. The Morgan fingerprint density at radius 3 is 2.68 bits per heavy atom. The van der Waals surface area contributed by atoms with Gasteiger partial charge in [-0.2, -0.15) is 0 Å². The van der Waals surface area contributed by atoms with E-state index in [1.165, 1.54) is 0 Å². The van der Waals surface area contributed by atoms with E-state index in [1.807, 2.05) is 50.2 Å². The van der Waals surface area contributed by atoms with Crippen molar-refractivity contribution in [1.29, 1.82) is 0 Å². The summed E-state index contributed by atoms with van der Waals surface area (Å²) in [5, 5.41) is 1.02. The van der Waals surface area contributed by atoms with E-state index in [4.69, 9.17) is 16.0 Å². The van der Waals surface area contributed by atoms with Gasteiger partial charge in [0, 0.05) is 24.0 Å². The average Bonchev–Trinajstić information content (AvgIpc) is 3.02. The molecule has 1 amide bonds. The van der Waals surface area contributed by atoms with Crippen molar-refractivity contribution < 1.29 is 9.21 Å². The molecule has 0 spiro atoms. The monoisotopic (exact) mass is 430 g/mol. The minimum Gasteiger partial charge on any atom is -0.450 e. The zero-order valence-electron chi connectivity index (χ0n) is 17.1. The van der Waals surface area contributed by atoms with E-state index in [0.717, 1.165) is 22.3 Å². The van der Waals surface area contributed by atoms with Gasteiger partial charge in [-0.05, 0) is 60.4 Å². The molecule has 1 aliphatic rings. The molecule has 0 fully saturated rings. The highest BCUT2D eigenvalue weighted by Crippen LogP contribution is 2.40. The lowest BCUT2D eigenvalue weighted by Crippen LogP contribution is -2.29. The highest BCUT2D eigenvalue weighted by atomic mass is 35.5. The van der Waals surface area contributed by atoms with Gasteiger partial charge in [0.1, 0.15) is 5.58 Å². The highest BCUT2D eigenvalue weighted by Gasteiger charge is 2.42. The van der Waals surface area contributed by atoms with Crippen LogP contribution in [0.2, 0.25) is 5.02 Å². The molecule has 0 saturated carbocycles. The Bertz CT molecular complexity index is 1400. The van der Waals surface area contributed by atoms with Gasteiger partial charge in [-0.25, -0.2) is 0 Å². The van der Waals surface area contributed by atoms with E-state index in [1.54, 1.807) is 29.4 Å². The van der Waals surface area contributed by atoms with Gasteiger partial charge in [0.2, 0.25) is 5.76 Å². The molecule has 154 valence electrons. The molecule has 2 aromatic heterocycles. The van der Waals surface area contributed by atoms with Gasteiger partial charge in [-0.15, -0.1) is 0 Å². The predicted molar refractivity (Wildman–Crippen MR) is 119 cm³/mol. The molecule has 3 heterocycles. The molecule has 0 unspecified atom stereocenters. The van der Waals surface area contributed by atoms with E-state index >= 15 is 0 Å². The third-order valence-electron chi connectivity index (χ3n) is 5.64. The van der Waals surface area contributed by atoms with Crippen LogP contribution in [0.5, 0.6) is 0 Å². The smallest absolute Gasteiger partial charge is 0.291 e. The molecule has 4 aromatic rings. The number of rotatable bonds is 3. The van der Waals surface area contributed by atoms with Crippen LogP contribution >= 0.6 is 11.6 Å². The van der Waals surface area contributed by atoms with E-state index in [0.29, 0.717) is 28.1 Å². The standard InChI is InChI=1S/C25H19ClN2O3/c1-14-9-15(2)23-19(10-14)22(29)20-21(17-6-3-7-18(26)11-17)28(25(30)24(20)31-23)13-16-5-4-8-27-12-16/h3-12,21H,13H2,1-2H3/t21-/m0/s1. The number of amides is 1. The van der Waals surface area contributed by atoms with Crippen molar-refractivity contribution in [3.63, 3.8) is 0 Å². The summed E-state index contributed by atoms with van der Waals surface area (Å²) >= 11 is 6.26. The van der Waals surface area contributed by atoms with Gasteiger partial charge < -0.3 is 9.32 Å². The van der Waals surface area contributed by atoms with E-state index in [2.05, 4.69) is 4.98 Å². The van der Waals surface area contributed by atoms with Gasteiger partial charge in [0.25, 0.3) is 5.91 Å². The van der Waals surface area contributed by atoms with E-state index < -0.39 is 6.04 Å². The second-order valence-electron chi connectivity index (χ2n) is 7.88. The van der Waals surface area contributed by atoms with Crippen molar-refractivity contribution in [2.75, 3.05) is 0 Å². The van der Waals surface area contributed by atoms with Crippen LogP contribution < -0.4 is 5.43 Å². The zero-order valence-corrected chi connectivity index (χ0v) is 17.8. The normalized spacial score (nSPS) is 15.5. The molecular formula is C25H19ClN2O3. The maximum atomic E-state index is 13.7. The van der Waals surface area contributed by atoms with Crippen LogP contribution in [0.15, 0.2) is 70.1 Å². The number of aromatic nitrogens is 1. The van der Waals surface area contributed by atoms with Gasteiger partial charge in [-0.3, -0.25) is 14.6 Å². The molecule has 0 saturated heterocycles. The topological polar surface area (TPSA) is 63.4 Å². The van der Waals surface area contributed by atoms with Crippen molar-refractivity contribution in [1.82, 2.24) is 9.88 Å². The predicted octanol–water partition coefficient (Wildman–Crippen LogP) is 5.20. The van der Waals surface area contributed by atoms with Crippen molar-refractivity contribution >= 4 is 28.5 Å². The minimum atomic E-state index is -0.595. The molecule has 31 heavy (non-hydrogen) atoms. The van der Waals surface area contributed by atoms with Crippen molar-refractivity contribution in [3.05, 3.63) is 110 Å². The Morgan fingerprint density at radius 2 is 1.94 bits per heavy atom. The Hall–Kier alpha value is -3.44. The number of hydrogen-bond donors (Lipinski definition) is 0. The molecule has 0 aliphatic carbocycles. The number of hydrogen-bond acceptors (Lipinski definition) is 4. The lowest BCUT2D eigenvalue weighted by molar-refractivity contribution is 0.0714. The van der Waals surface area contributed by atoms with Crippen molar-refractivity contribution in [2.45, 2.75) is 26.4 Å². The van der Waals surface area contributed by atoms with Crippen molar-refractivity contribution in [2.24, 2.45) is 0 Å². The number of aryl methyl sites for hydroxylation is 2. The summed E-state index contributed by atoms with van der Waals surface area (Å²) < 4.78 is 6.09. The molecule has 6 heteroatoms. The van der Waals surface area contributed by atoms with Gasteiger partial charge >= 0.3 is 0 Å². The number of benzene rings is 2. The molecular weight excluding hydrogens is 412 g/mol. The molecule has 0 bridgehead atoms. The summed E-state index contributed by atoms with van der Waals surface area (Å²) in [6.45, 7) is 4.11. The van der Waals surface area contributed by atoms with Crippen LogP contribution in [0.3, 0.4) is 0 Å². The first-order chi connectivity index (χ1) is 14.9. The summed E-state index contributed by atoms with van der Waals surface area (Å²) in [7, 11) is 0. The van der Waals surface area contributed by atoms with Crippen LogP contribution in [-0.2, 0) is 6.54 Å². The molecule has 0 radical (unpaired) electrons. The number of fused-ring (bicyclic) bond motifs is 2. The third kappa shape index (κ3) is 3.22. The lowest BCUT2D eigenvalue weighted by atomic mass is 9.97. The minimum absolute atomic E-state index is 0.0957. The lowest BCUT2D eigenvalue weighted by Gasteiger charge is -2.25. The van der Waals surface area contributed by atoms with E-state index in [-0.39, 0.29) is 17.1 Å². The number of carbonyl (C=O) groups is 1. The molecule has 5 nitrogen and oxygen atoms in total.